The third-order valence-corrected chi connectivity index (χ3v) is 3.40. The third-order valence-electron chi connectivity index (χ3n) is 3.40. The number of hydrazine groups is 1. The molecule has 0 atom stereocenters. The number of nitrogen functional groups attached to an aromatic ring is 1. The summed E-state index contributed by atoms with van der Waals surface area (Å²) in [6.07, 6.45) is 1.87. The summed E-state index contributed by atoms with van der Waals surface area (Å²) in [7, 11) is 0. The number of nitrogens with one attached hydrogen (secondary N) is 2. The van der Waals surface area contributed by atoms with Gasteiger partial charge in [-0.25, -0.2) is 15.8 Å². The molecule has 1 aromatic heterocycles. The normalized spacial score (nSPS) is 11.5. The van der Waals surface area contributed by atoms with Crippen LogP contribution < -0.4 is 16.6 Å². The molecule has 120 valence electrons. The van der Waals surface area contributed by atoms with E-state index in [-0.39, 0.29) is 0 Å². The van der Waals surface area contributed by atoms with Gasteiger partial charge < -0.3 is 10.7 Å². The molecule has 4 N–H and O–H groups in total. The molecule has 0 aromatic carbocycles. The summed E-state index contributed by atoms with van der Waals surface area (Å²) >= 11 is 0. The first-order valence-corrected chi connectivity index (χ1v) is 7.82. The molecule has 0 amide bonds. The molecule has 1 aromatic rings. The largest absolute Gasteiger partial charge is 0.369 e. The molecule has 1 rings (SSSR count). The standard InChI is InChI=1S/C15H30N6/c1-6-7-13-18-14(10-15(19-13)20-16)17-8-9-21(11(2)3)12(4)5/h10-12H,6-9,16H2,1-5H3,(H2,17,18,19,20). The predicted molar refractivity (Wildman–Crippen MR) is 89.3 cm³/mol. The van der Waals surface area contributed by atoms with Crippen molar-refractivity contribution in [2.24, 2.45) is 5.84 Å². The molecule has 6 nitrogen and oxygen atoms in total. The average Bonchev–Trinajstić information content (AvgIpc) is 2.42. The van der Waals surface area contributed by atoms with Gasteiger partial charge >= 0.3 is 0 Å². The van der Waals surface area contributed by atoms with Gasteiger partial charge in [0.15, 0.2) is 0 Å². The highest BCUT2D eigenvalue weighted by Gasteiger charge is 2.12. The molecule has 0 radical (unpaired) electrons. The third kappa shape index (κ3) is 5.85. The summed E-state index contributed by atoms with van der Waals surface area (Å²) in [4.78, 5) is 11.3. The monoisotopic (exact) mass is 294 g/mol. The van der Waals surface area contributed by atoms with Crippen LogP contribution in [0.25, 0.3) is 0 Å². The molecule has 0 aliphatic heterocycles. The smallest absolute Gasteiger partial charge is 0.145 e. The summed E-state index contributed by atoms with van der Waals surface area (Å²) < 4.78 is 0. The van der Waals surface area contributed by atoms with Gasteiger partial charge in [0.2, 0.25) is 0 Å². The number of hydrogen-bond acceptors (Lipinski definition) is 6. The molecule has 21 heavy (non-hydrogen) atoms. The molecule has 0 aliphatic rings. The molecule has 0 spiro atoms. The number of hydrogen-bond donors (Lipinski definition) is 3. The van der Waals surface area contributed by atoms with E-state index < -0.39 is 0 Å². The average molecular weight is 294 g/mol. The minimum Gasteiger partial charge on any atom is -0.369 e. The van der Waals surface area contributed by atoms with Crippen LogP contribution in [0.4, 0.5) is 11.6 Å². The maximum absolute atomic E-state index is 5.46. The van der Waals surface area contributed by atoms with Crippen LogP contribution in [0.3, 0.4) is 0 Å². The van der Waals surface area contributed by atoms with Crippen LogP contribution in [0.1, 0.15) is 46.9 Å². The van der Waals surface area contributed by atoms with Crippen molar-refractivity contribution >= 4 is 11.6 Å². The second-order valence-corrected chi connectivity index (χ2v) is 5.80. The lowest BCUT2D eigenvalue weighted by Crippen LogP contribution is -2.40. The Morgan fingerprint density at radius 1 is 1.14 bits per heavy atom. The van der Waals surface area contributed by atoms with Gasteiger partial charge in [0.25, 0.3) is 0 Å². The van der Waals surface area contributed by atoms with Crippen LogP contribution in [-0.4, -0.2) is 40.0 Å². The van der Waals surface area contributed by atoms with Crippen molar-refractivity contribution in [2.75, 3.05) is 23.8 Å². The molecule has 0 saturated heterocycles. The first kappa shape index (κ1) is 17.7. The van der Waals surface area contributed by atoms with Crippen LogP contribution >= 0.6 is 0 Å². The van der Waals surface area contributed by atoms with E-state index in [0.29, 0.717) is 17.9 Å². The van der Waals surface area contributed by atoms with Crippen molar-refractivity contribution < 1.29 is 0 Å². The fourth-order valence-electron chi connectivity index (χ4n) is 2.42. The van der Waals surface area contributed by atoms with Crippen molar-refractivity contribution in [1.82, 2.24) is 14.9 Å². The van der Waals surface area contributed by atoms with Crippen molar-refractivity contribution in [1.29, 1.82) is 0 Å². The fourth-order valence-corrected chi connectivity index (χ4v) is 2.42. The minimum absolute atomic E-state index is 0.536. The fraction of sp³-hybridized carbons (Fsp3) is 0.733. The second-order valence-electron chi connectivity index (χ2n) is 5.80. The lowest BCUT2D eigenvalue weighted by atomic mass is 10.2. The van der Waals surface area contributed by atoms with Crippen molar-refractivity contribution in [3.63, 3.8) is 0 Å². The van der Waals surface area contributed by atoms with E-state index in [0.717, 1.165) is 37.6 Å². The van der Waals surface area contributed by atoms with Crippen molar-refractivity contribution in [3.8, 4) is 0 Å². The van der Waals surface area contributed by atoms with Gasteiger partial charge in [-0.2, -0.15) is 0 Å². The molecule has 0 bridgehead atoms. The molecule has 0 unspecified atom stereocenters. The zero-order valence-electron chi connectivity index (χ0n) is 14.0. The number of rotatable bonds is 9. The van der Waals surface area contributed by atoms with E-state index in [1.807, 2.05) is 6.07 Å². The molecule has 0 saturated carbocycles. The maximum Gasteiger partial charge on any atom is 0.145 e. The van der Waals surface area contributed by atoms with E-state index in [1.54, 1.807) is 0 Å². The zero-order chi connectivity index (χ0) is 15.8. The van der Waals surface area contributed by atoms with E-state index in [2.05, 4.69) is 60.2 Å². The molecule has 0 fully saturated rings. The van der Waals surface area contributed by atoms with Gasteiger partial charge in [-0.15, -0.1) is 0 Å². The first-order chi connectivity index (χ1) is 9.97. The highest BCUT2D eigenvalue weighted by Crippen LogP contribution is 2.12. The van der Waals surface area contributed by atoms with E-state index in [4.69, 9.17) is 5.84 Å². The summed E-state index contributed by atoms with van der Waals surface area (Å²) in [5.41, 5.74) is 2.60. The summed E-state index contributed by atoms with van der Waals surface area (Å²) in [5.74, 6) is 7.76. The van der Waals surface area contributed by atoms with Crippen molar-refractivity contribution in [2.45, 2.75) is 59.5 Å². The van der Waals surface area contributed by atoms with Gasteiger partial charge in [-0.3, -0.25) is 4.90 Å². The summed E-state index contributed by atoms with van der Waals surface area (Å²) in [6, 6.07) is 2.91. The highest BCUT2D eigenvalue weighted by molar-refractivity contribution is 5.46. The van der Waals surface area contributed by atoms with E-state index in [1.165, 1.54) is 0 Å². The summed E-state index contributed by atoms with van der Waals surface area (Å²) in [5, 5.41) is 3.37. The molecular weight excluding hydrogens is 264 g/mol. The minimum atomic E-state index is 0.536. The predicted octanol–water partition coefficient (Wildman–Crippen LogP) is 2.25. The Labute approximate surface area is 128 Å². The van der Waals surface area contributed by atoms with Gasteiger partial charge in [0.05, 0.1) is 0 Å². The quantitative estimate of drug-likeness (QED) is 0.479. The lowest BCUT2D eigenvalue weighted by Gasteiger charge is -2.30. The van der Waals surface area contributed by atoms with Crippen LogP contribution in [0.2, 0.25) is 0 Å². The Morgan fingerprint density at radius 3 is 2.29 bits per heavy atom. The van der Waals surface area contributed by atoms with Crippen LogP contribution in [0, 0.1) is 0 Å². The number of anilines is 2. The Morgan fingerprint density at radius 2 is 1.76 bits per heavy atom. The number of nitrogens with zero attached hydrogens (tertiary/aromatic N) is 3. The Hall–Kier alpha value is -1.40. The molecule has 0 aliphatic carbocycles. The molecular formula is C15H30N6. The maximum atomic E-state index is 5.46. The Balaban J connectivity index is 2.63. The van der Waals surface area contributed by atoms with Crippen LogP contribution in [0.15, 0.2) is 6.07 Å². The Kier molecular flexibility index (Phi) is 7.39. The number of aryl methyl sites for hydroxylation is 1. The molecule has 1 heterocycles. The Bertz CT molecular complexity index is 411. The topological polar surface area (TPSA) is 79.1 Å². The van der Waals surface area contributed by atoms with E-state index in [9.17, 15) is 0 Å². The van der Waals surface area contributed by atoms with Crippen LogP contribution in [-0.2, 0) is 6.42 Å². The van der Waals surface area contributed by atoms with Gasteiger partial charge in [-0.05, 0) is 34.1 Å². The summed E-state index contributed by atoms with van der Waals surface area (Å²) in [6.45, 7) is 12.8. The van der Waals surface area contributed by atoms with Gasteiger partial charge in [0, 0.05) is 37.7 Å². The SMILES string of the molecule is CCCc1nc(NN)cc(NCCN(C(C)C)C(C)C)n1. The first-order valence-electron chi connectivity index (χ1n) is 7.82. The van der Waals surface area contributed by atoms with Crippen LogP contribution in [0.5, 0.6) is 0 Å². The highest BCUT2D eigenvalue weighted by atomic mass is 15.3. The second kappa shape index (κ2) is 8.79. The van der Waals surface area contributed by atoms with E-state index >= 15 is 0 Å². The van der Waals surface area contributed by atoms with Gasteiger partial charge in [-0.1, -0.05) is 6.92 Å². The zero-order valence-corrected chi connectivity index (χ0v) is 14.0. The van der Waals surface area contributed by atoms with Crippen molar-refractivity contribution in [3.05, 3.63) is 11.9 Å². The number of aromatic nitrogens is 2. The number of nitrogens with two attached hydrogens (primary N) is 1. The van der Waals surface area contributed by atoms with Gasteiger partial charge in [0.1, 0.15) is 17.5 Å². The molecule has 6 heteroatoms. The lowest BCUT2D eigenvalue weighted by molar-refractivity contribution is 0.182.